The molecule has 11 heavy (non-hydrogen) atoms. The van der Waals surface area contributed by atoms with E-state index in [-0.39, 0.29) is 6.04 Å². The number of hydrogen-bond donors (Lipinski definition) is 1. The van der Waals surface area contributed by atoms with Crippen LogP contribution in [0.4, 0.5) is 0 Å². The normalized spacial score (nSPS) is 20.8. The summed E-state index contributed by atoms with van der Waals surface area (Å²) in [7, 11) is 0. The van der Waals surface area contributed by atoms with E-state index in [9.17, 15) is 4.79 Å². The molecule has 0 unspecified atom stereocenters. The summed E-state index contributed by atoms with van der Waals surface area (Å²) in [6.07, 6.45) is 2.87. The summed E-state index contributed by atoms with van der Waals surface area (Å²) in [6.45, 7) is 1.58. The number of rotatable bonds is 2. The molecule has 1 rings (SSSR count). The highest BCUT2D eigenvalue weighted by atomic mass is 16.7. The lowest BCUT2D eigenvalue weighted by atomic mass is 10.1. The molecule has 4 nitrogen and oxygen atoms in total. The molecule has 0 atom stereocenters. The Morgan fingerprint density at radius 2 is 2.18 bits per heavy atom. The van der Waals surface area contributed by atoms with Gasteiger partial charge in [0.2, 0.25) is 0 Å². The third-order valence-electron chi connectivity index (χ3n) is 1.75. The zero-order valence-corrected chi connectivity index (χ0v) is 6.32. The number of carbonyl (C=O) groups excluding carboxylic acids is 1. The molecule has 0 aromatic rings. The SMILES string of the molecule is NC1CCN(OC=C=O)CC1. The lowest BCUT2D eigenvalue weighted by Gasteiger charge is -2.27. The fraction of sp³-hybridized carbons (Fsp3) is 0.714. The van der Waals surface area contributed by atoms with Crippen LogP contribution in [0.15, 0.2) is 6.26 Å². The van der Waals surface area contributed by atoms with Gasteiger partial charge in [-0.2, -0.15) is 0 Å². The number of hydroxylamine groups is 2. The van der Waals surface area contributed by atoms with Crippen molar-refractivity contribution in [3.05, 3.63) is 6.26 Å². The van der Waals surface area contributed by atoms with Gasteiger partial charge in [0.15, 0.2) is 12.2 Å². The van der Waals surface area contributed by atoms with Crippen LogP contribution in [-0.2, 0) is 9.63 Å². The molecule has 0 aromatic heterocycles. The van der Waals surface area contributed by atoms with Gasteiger partial charge in [-0.15, -0.1) is 5.06 Å². The van der Waals surface area contributed by atoms with Crippen molar-refractivity contribution in [3.63, 3.8) is 0 Å². The quantitative estimate of drug-likeness (QED) is 0.440. The van der Waals surface area contributed by atoms with Crippen LogP contribution in [0.3, 0.4) is 0 Å². The second kappa shape index (κ2) is 4.13. The maximum Gasteiger partial charge on any atom is 0.194 e. The van der Waals surface area contributed by atoms with E-state index in [2.05, 4.69) is 0 Å². The van der Waals surface area contributed by atoms with Crippen molar-refractivity contribution in [2.45, 2.75) is 18.9 Å². The van der Waals surface area contributed by atoms with Crippen LogP contribution in [0, 0.1) is 0 Å². The first kappa shape index (κ1) is 8.27. The van der Waals surface area contributed by atoms with E-state index in [0.29, 0.717) is 0 Å². The molecule has 0 aliphatic carbocycles. The third-order valence-corrected chi connectivity index (χ3v) is 1.75. The number of piperidine rings is 1. The van der Waals surface area contributed by atoms with Gasteiger partial charge in [-0.25, -0.2) is 4.79 Å². The molecule has 1 aliphatic rings. The lowest BCUT2D eigenvalue weighted by Crippen LogP contribution is -2.38. The Bertz CT molecular complexity index is 158. The van der Waals surface area contributed by atoms with Crippen LogP contribution >= 0.6 is 0 Å². The predicted octanol–water partition coefficient (Wildman–Crippen LogP) is -0.314. The van der Waals surface area contributed by atoms with Crippen molar-refractivity contribution < 1.29 is 9.63 Å². The van der Waals surface area contributed by atoms with E-state index >= 15 is 0 Å². The summed E-state index contributed by atoms with van der Waals surface area (Å²) in [5.74, 6) is 1.56. The smallest absolute Gasteiger partial charge is 0.194 e. The average molecular weight is 156 g/mol. The van der Waals surface area contributed by atoms with E-state index in [1.807, 2.05) is 0 Å². The van der Waals surface area contributed by atoms with Gasteiger partial charge in [-0.1, -0.05) is 0 Å². The predicted molar refractivity (Wildman–Crippen MR) is 40.1 cm³/mol. The van der Waals surface area contributed by atoms with E-state index in [4.69, 9.17) is 10.6 Å². The van der Waals surface area contributed by atoms with Crippen molar-refractivity contribution >= 4 is 5.94 Å². The summed E-state index contributed by atoms with van der Waals surface area (Å²) in [5.41, 5.74) is 5.66. The molecular formula is C7H12N2O2. The zero-order valence-electron chi connectivity index (χ0n) is 6.32. The summed E-state index contributed by atoms with van der Waals surface area (Å²) in [4.78, 5) is 14.7. The van der Waals surface area contributed by atoms with Gasteiger partial charge in [0.05, 0.1) is 0 Å². The minimum Gasteiger partial charge on any atom is -0.402 e. The average Bonchev–Trinajstić information content (AvgIpc) is 2.04. The molecule has 1 saturated heterocycles. The molecular weight excluding hydrogens is 144 g/mol. The van der Waals surface area contributed by atoms with Crippen molar-refractivity contribution in [1.29, 1.82) is 0 Å². The molecule has 0 spiro atoms. The monoisotopic (exact) mass is 156 g/mol. The molecule has 1 aliphatic heterocycles. The van der Waals surface area contributed by atoms with Crippen LogP contribution in [0.25, 0.3) is 0 Å². The van der Waals surface area contributed by atoms with Gasteiger partial charge in [-0.3, -0.25) is 0 Å². The Balaban J connectivity index is 2.22. The minimum atomic E-state index is 0.287. The lowest BCUT2D eigenvalue weighted by molar-refractivity contribution is -0.115. The van der Waals surface area contributed by atoms with Crippen LogP contribution in [0.2, 0.25) is 0 Å². The summed E-state index contributed by atoms with van der Waals surface area (Å²) >= 11 is 0. The standard InChI is InChI=1S/C7H12N2O2/c8-7-1-3-9(4-2-7)11-6-5-10/h6-7H,1-4,8H2. The molecule has 0 saturated carbocycles. The van der Waals surface area contributed by atoms with Gasteiger partial charge >= 0.3 is 0 Å². The maximum absolute atomic E-state index is 9.75. The molecule has 2 N–H and O–H groups in total. The van der Waals surface area contributed by atoms with Gasteiger partial charge in [0.25, 0.3) is 0 Å². The van der Waals surface area contributed by atoms with Crippen molar-refractivity contribution in [2.75, 3.05) is 13.1 Å². The zero-order chi connectivity index (χ0) is 8.10. The highest BCUT2D eigenvalue weighted by Crippen LogP contribution is 2.07. The Morgan fingerprint density at radius 1 is 1.55 bits per heavy atom. The van der Waals surface area contributed by atoms with Gasteiger partial charge in [0, 0.05) is 19.1 Å². The molecule has 4 heteroatoms. The Labute approximate surface area is 65.6 Å². The Morgan fingerprint density at radius 3 is 2.73 bits per heavy atom. The van der Waals surface area contributed by atoms with Gasteiger partial charge in [0.1, 0.15) is 0 Å². The van der Waals surface area contributed by atoms with Crippen LogP contribution in [-0.4, -0.2) is 30.1 Å². The first-order valence-corrected chi connectivity index (χ1v) is 3.69. The molecule has 0 aromatic carbocycles. The summed E-state index contributed by atoms with van der Waals surface area (Å²) < 4.78 is 0. The largest absolute Gasteiger partial charge is 0.402 e. The van der Waals surface area contributed by atoms with E-state index in [1.165, 1.54) is 0 Å². The first-order chi connectivity index (χ1) is 5.33. The number of nitrogens with zero attached hydrogens (tertiary/aromatic N) is 1. The molecule has 1 heterocycles. The summed E-state index contributed by atoms with van der Waals surface area (Å²) in [5, 5.41) is 1.72. The molecule has 1 fully saturated rings. The van der Waals surface area contributed by atoms with Crippen molar-refractivity contribution in [2.24, 2.45) is 5.73 Å². The highest BCUT2D eigenvalue weighted by Gasteiger charge is 2.15. The van der Waals surface area contributed by atoms with Crippen LogP contribution < -0.4 is 5.73 Å². The molecule has 62 valence electrons. The van der Waals surface area contributed by atoms with Crippen LogP contribution in [0.5, 0.6) is 0 Å². The topological polar surface area (TPSA) is 55.6 Å². The molecule has 0 radical (unpaired) electrons. The molecule has 0 bridgehead atoms. The maximum atomic E-state index is 9.75. The second-order valence-corrected chi connectivity index (χ2v) is 2.61. The Hall–Kier alpha value is -0.830. The fourth-order valence-corrected chi connectivity index (χ4v) is 1.08. The van der Waals surface area contributed by atoms with Crippen LogP contribution in [0.1, 0.15) is 12.8 Å². The second-order valence-electron chi connectivity index (χ2n) is 2.61. The van der Waals surface area contributed by atoms with Crippen molar-refractivity contribution in [1.82, 2.24) is 5.06 Å². The van der Waals surface area contributed by atoms with E-state index < -0.39 is 0 Å². The van der Waals surface area contributed by atoms with E-state index in [0.717, 1.165) is 32.2 Å². The number of nitrogens with two attached hydrogens (primary N) is 1. The highest BCUT2D eigenvalue weighted by molar-refractivity contribution is 5.42. The minimum absolute atomic E-state index is 0.287. The first-order valence-electron chi connectivity index (χ1n) is 3.69. The molecule has 0 amide bonds. The van der Waals surface area contributed by atoms with E-state index in [1.54, 1.807) is 11.0 Å². The summed E-state index contributed by atoms with van der Waals surface area (Å²) in [6, 6.07) is 0.287. The third kappa shape index (κ3) is 2.72. The number of hydrogen-bond acceptors (Lipinski definition) is 4. The Kier molecular flexibility index (Phi) is 3.11. The van der Waals surface area contributed by atoms with Gasteiger partial charge in [-0.05, 0) is 12.8 Å². The fourth-order valence-electron chi connectivity index (χ4n) is 1.08. The van der Waals surface area contributed by atoms with Crippen molar-refractivity contribution in [3.8, 4) is 0 Å². The van der Waals surface area contributed by atoms with Gasteiger partial charge < -0.3 is 10.6 Å².